The van der Waals surface area contributed by atoms with Crippen molar-refractivity contribution in [3.8, 4) is 0 Å². The molecule has 1 atom stereocenters. The lowest BCUT2D eigenvalue weighted by atomic mass is 9.99. The van der Waals surface area contributed by atoms with Gasteiger partial charge in [-0.05, 0) is 48.2 Å². The van der Waals surface area contributed by atoms with Crippen LogP contribution in [-0.4, -0.2) is 0 Å². The van der Waals surface area contributed by atoms with Crippen LogP contribution in [0.5, 0.6) is 0 Å². The van der Waals surface area contributed by atoms with Gasteiger partial charge in [0.15, 0.2) is 0 Å². The van der Waals surface area contributed by atoms with Gasteiger partial charge in [0, 0.05) is 11.1 Å². The van der Waals surface area contributed by atoms with Crippen LogP contribution in [0.1, 0.15) is 22.7 Å². The molecular weight excluding hydrogens is 301 g/mol. The molecule has 0 aliphatic rings. The molecule has 0 fully saturated rings. The molecule has 4 heteroatoms. The second kappa shape index (κ2) is 6.15. The van der Waals surface area contributed by atoms with E-state index in [0.717, 1.165) is 21.7 Å². The van der Waals surface area contributed by atoms with Gasteiger partial charge in [-0.15, -0.1) is 0 Å². The topological polar surface area (TPSA) is 26.0 Å². The van der Waals surface area contributed by atoms with Crippen LogP contribution in [0.3, 0.4) is 0 Å². The van der Waals surface area contributed by atoms with Crippen LogP contribution in [0.2, 0.25) is 15.1 Å². The summed E-state index contributed by atoms with van der Waals surface area (Å²) in [7, 11) is 0. The lowest BCUT2D eigenvalue weighted by Crippen LogP contribution is -2.13. The Morgan fingerprint density at radius 1 is 0.947 bits per heavy atom. The summed E-state index contributed by atoms with van der Waals surface area (Å²) >= 11 is 18.1. The van der Waals surface area contributed by atoms with E-state index in [1.165, 1.54) is 0 Å². The van der Waals surface area contributed by atoms with E-state index >= 15 is 0 Å². The molecule has 0 aliphatic carbocycles. The van der Waals surface area contributed by atoms with Crippen LogP contribution in [0, 0.1) is 6.92 Å². The van der Waals surface area contributed by atoms with E-state index in [4.69, 9.17) is 40.5 Å². The van der Waals surface area contributed by atoms with Crippen LogP contribution in [0.25, 0.3) is 0 Å². The first kappa shape index (κ1) is 14.7. The Kier molecular flexibility index (Phi) is 4.75. The highest BCUT2D eigenvalue weighted by Crippen LogP contribution is 2.28. The monoisotopic (exact) mass is 313 g/mol. The number of hydrogen-bond acceptors (Lipinski definition) is 1. The number of aryl methyl sites for hydroxylation is 1. The summed E-state index contributed by atoms with van der Waals surface area (Å²) in [6.45, 7) is 2.01. The smallest absolute Gasteiger partial charge is 0.0595 e. The molecule has 0 saturated heterocycles. The molecule has 2 aromatic carbocycles. The lowest BCUT2D eigenvalue weighted by molar-refractivity contribution is 0.722. The maximum Gasteiger partial charge on any atom is 0.0595 e. The van der Waals surface area contributed by atoms with Crippen molar-refractivity contribution in [3.05, 3.63) is 68.2 Å². The Morgan fingerprint density at radius 2 is 1.68 bits per heavy atom. The molecule has 0 heterocycles. The lowest BCUT2D eigenvalue weighted by Gasteiger charge is -2.14. The fourth-order valence-electron chi connectivity index (χ4n) is 1.92. The van der Waals surface area contributed by atoms with Crippen LogP contribution in [-0.2, 0) is 6.42 Å². The highest BCUT2D eigenvalue weighted by Gasteiger charge is 2.11. The van der Waals surface area contributed by atoms with E-state index in [1.54, 1.807) is 12.1 Å². The molecule has 2 aromatic rings. The molecule has 0 aromatic heterocycles. The molecule has 0 amide bonds. The van der Waals surface area contributed by atoms with E-state index in [2.05, 4.69) is 0 Å². The Balaban J connectivity index is 2.20. The van der Waals surface area contributed by atoms with Crippen molar-refractivity contribution in [2.75, 3.05) is 0 Å². The minimum Gasteiger partial charge on any atom is -0.324 e. The van der Waals surface area contributed by atoms with E-state index < -0.39 is 0 Å². The van der Waals surface area contributed by atoms with Crippen molar-refractivity contribution in [1.29, 1.82) is 0 Å². The molecule has 100 valence electrons. The van der Waals surface area contributed by atoms with Crippen molar-refractivity contribution in [1.82, 2.24) is 0 Å². The standard InChI is InChI=1S/C15H14Cl3N/c1-9-2-3-10(13(17)6-9)8-15(19)11-4-5-12(16)14(18)7-11/h2-7,15H,8,19H2,1H3. The van der Waals surface area contributed by atoms with E-state index in [-0.39, 0.29) is 6.04 Å². The van der Waals surface area contributed by atoms with E-state index in [9.17, 15) is 0 Å². The van der Waals surface area contributed by atoms with Crippen LogP contribution in [0.15, 0.2) is 36.4 Å². The number of benzene rings is 2. The molecule has 1 nitrogen and oxygen atoms in total. The molecule has 0 radical (unpaired) electrons. The van der Waals surface area contributed by atoms with Gasteiger partial charge in [0.05, 0.1) is 10.0 Å². The first-order valence-corrected chi connectivity index (χ1v) is 7.06. The maximum absolute atomic E-state index is 6.21. The Labute approximate surface area is 128 Å². The fraction of sp³-hybridized carbons (Fsp3) is 0.200. The van der Waals surface area contributed by atoms with Crippen molar-refractivity contribution in [2.24, 2.45) is 5.73 Å². The van der Waals surface area contributed by atoms with Gasteiger partial charge in [-0.2, -0.15) is 0 Å². The van der Waals surface area contributed by atoms with Crippen molar-refractivity contribution < 1.29 is 0 Å². The normalized spacial score (nSPS) is 12.5. The largest absolute Gasteiger partial charge is 0.324 e. The summed E-state index contributed by atoms with van der Waals surface area (Å²) in [5, 5.41) is 1.80. The molecule has 0 bridgehead atoms. The van der Waals surface area contributed by atoms with Crippen molar-refractivity contribution in [3.63, 3.8) is 0 Å². The second-order valence-electron chi connectivity index (χ2n) is 4.58. The number of hydrogen-bond donors (Lipinski definition) is 1. The first-order chi connectivity index (χ1) is 8.97. The zero-order valence-electron chi connectivity index (χ0n) is 10.5. The summed E-state index contributed by atoms with van der Waals surface area (Å²) in [5.41, 5.74) is 9.31. The molecule has 0 spiro atoms. The molecule has 2 rings (SSSR count). The predicted molar refractivity (Wildman–Crippen MR) is 83.3 cm³/mol. The minimum atomic E-state index is -0.157. The first-order valence-electron chi connectivity index (χ1n) is 5.93. The Bertz CT molecular complexity index is 596. The van der Waals surface area contributed by atoms with Crippen molar-refractivity contribution in [2.45, 2.75) is 19.4 Å². The van der Waals surface area contributed by atoms with Gasteiger partial charge in [0.25, 0.3) is 0 Å². The number of halogens is 3. The summed E-state index contributed by atoms with van der Waals surface area (Å²) in [4.78, 5) is 0. The van der Waals surface area contributed by atoms with Gasteiger partial charge in [0.2, 0.25) is 0 Å². The zero-order chi connectivity index (χ0) is 14.0. The summed E-state index contributed by atoms with van der Waals surface area (Å²) in [6.07, 6.45) is 0.664. The van der Waals surface area contributed by atoms with Gasteiger partial charge in [0.1, 0.15) is 0 Å². The molecular formula is C15H14Cl3N. The van der Waals surface area contributed by atoms with Gasteiger partial charge < -0.3 is 5.73 Å². The quantitative estimate of drug-likeness (QED) is 0.828. The van der Waals surface area contributed by atoms with Gasteiger partial charge in [-0.25, -0.2) is 0 Å². The third-order valence-corrected chi connectivity index (χ3v) is 4.11. The third kappa shape index (κ3) is 3.64. The molecule has 0 saturated carbocycles. The third-order valence-electron chi connectivity index (χ3n) is 3.02. The van der Waals surface area contributed by atoms with E-state index in [1.807, 2.05) is 31.2 Å². The number of rotatable bonds is 3. The average Bonchev–Trinajstić information content (AvgIpc) is 2.36. The van der Waals surface area contributed by atoms with E-state index in [0.29, 0.717) is 16.5 Å². The molecule has 19 heavy (non-hydrogen) atoms. The molecule has 1 unspecified atom stereocenters. The minimum absolute atomic E-state index is 0.157. The van der Waals surface area contributed by atoms with Gasteiger partial charge in [-0.1, -0.05) is 53.0 Å². The second-order valence-corrected chi connectivity index (χ2v) is 5.80. The van der Waals surface area contributed by atoms with Crippen LogP contribution < -0.4 is 5.73 Å². The van der Waals surface area contributed by atoms with Crippen molar-refractivity contribution >= 4 is 34.8 Å². The molecule has 0 aliphatic heterocycles. The summed E-state index contributed by atoms with van der Waals surface area (Å²) < 4.78 is 0. The molecule has 2 N–H and O–H groups in total. The summed E-state index contributed by atoms with van der Waals surface area (Å²) in [5.74, 6) is 0. The van der Waals surface area contributed by atoms with Gasteiger partial charge in [-0.3, -0.25) is 0 Å². The zero-order valence-corrected chi connectivity index (χ0v) is 12.7. The highest BCUT2D eigenvalue weighted by molar-refractivity contribution is 6.42. The SMILES string of the molecule is Cc1ccc(CC(N)c2ccc(Cl)c(Cl)c2)c(Cl)c1. The predicted octanol–water partition coefficient (Wildman–Crippen LogP) is 5.20. The fourth-order valence-corrected chi connectivity index (χ4v) is 2.53. The summed E-state index contributed by atoms with van der Waals surface area (Å²) in [6, 6.07) is 11.3. The Hall–Kier alpha value is -0.730. The highest BCUT2D eigenvalue weighted by atomic mass is 35.5. The van der Waals surface area contributed by atoms with Crippen LogP contribution in [0.4, 0.5) is 0 Å². The van der Waals surface area contributed by atoms with Crippen LogP contribution >= 0.6 is 34.8 Å². The van der Waals surface area contributed by atoms with Gasteiger partial charge >= 0.3 is 0 Å². The number of nitrogens with two attached hydrogens (primary N) is 1. The Morgan fingerprint density at radius 3 is 2.32 bits per heavy atom. The maximum atomic E-state index is 6.21. The average molecular weight is 315 g/mol.